The first-order chi connectivity index (χ1) is 9.48. The van der Waals surface area contributed by atoms with E-state index >= 15 is 0 Å². The van der Waals surface area contributed by atoms with Crippen LogP contribution in [0, 0.1) is 5.41 Å². The van der Waals surface area contributed by atoms with Crippen molar-refractivity contribution in [1.29, 1.82) is 0 Å². The number of amides is 1. The Morgan fingerprint density at radius 2 is 1.95 bits per heavy atom. The monoisotopic (exact) mass is 276 g/mol. The molecule has 1 unspecified atom stereocenters. The number of benzene rings is 1. The van der Waals surface area contributed by atoms with Crippen LogP contribution in [0.2, 0.25) is 0 Å². The summed E-state index contributed by atoms with van der Waals surface area (Å²) in [6.45, 7) is 6.81. The van der Waals surface area contributed by atoms with Crippen LogP contribution in [0.1, 0.15) is 40.0 Å². The van der Waals surface area contributed by atoms with E-state index in [1.165, 1.54) is 19.3 Å². The second-order valence-corrected chi connectivity index (χ2v) is 6.17. The summed E-state index contributed by atoms with van der Waals surface area (Å²) in [7, 11) is 0. The Bertz CT molecular complexity index is 454. The Kier molecular flexibility index (Phi) is 4.53. The summed E-state index contributed by atoms with van der Waals surface area (Å²) < 4.78 is 4.84. The van der Waals surface area contributed by atoms with Gasteiger partial charge in [0, 0.05) is 17.4 Å². The Morgan fingerprint density at radius 1 is 1.30 bits per heavy atom. The van der Waals surface area contributed by atoms with E-state index in [0.717, 1.165) is 11.4 Å². The van der Waals surface area contributed by atoms with Gasteiger partial charge in [0.05, 0.1) is 6.61 Å². The van der Waals surface area contributed by atoms with Crippen LogP contribution < -0.4 is 10.6 Å². The summed E-state index contributed by atoms with van der Waals surface area (Å²) in [6.07, 6.45) is 3.28. The second kappa shape index (κ2) is 6.16. The van der Waals surface area contributed by atoms with Gasteiger partial charge in [-0.15, -0.1) is 0 Å². The third kappa shape index (κ3) is 4.15. The van der Waals surface area contributed by atoms with Crippen molar-refractivity contribution >= 4 is 17.5 Å². The quantitative estimate of drug-likeness (QED) is 0.864. The summed E-state index contributed by atoms with van der Waals surface area (Å²) >= 11 is 0. The largest absolute Gasteiger partial charge is 0.450 e. The van der Waals surface area contributed by atoms with Gasteiger partial charge in [0.15, 0.2) is 0 Å². The standard InChI is InChI=1S/C16H24N2O2/c1-4-20-15(19)18-13-7-5-12(6-8-13)17-14-9-10-16(2,3)11-14/h5-8,14,17H,4,9-11H2,1-3H3,(H,18,19). The minimum absolute atomic E-state index is 0.378. The minimum Gasteiger partial charge on any atom is -0.450 e. The fraction of sp³-hybridized carbons (Fsp3) is 0.562. The summed E-state index contributed by atoms with van der Waals surface area (Å²) in [5.41, 5.74) is 2.30. The van der Waals surface area contributed by atoms with E-state index in [2.05, 4.69) is 24.5 Å². The molecule has 1 saturated carbocycles. The first kappa shape index (κ1) is 14.7. The second-order valence-electron chi connectivity index (χ2n) is 6.17. The lowest BCUT2D eigenvalue weighted by molar-refractivity contribution is 0.168. The van der Waals surface area contributed by atoms with E-state index in [1.807, 2.05) is 24.3 Å². The maximum Gasteiger partial charge on any atom is 0.411 e. The van der Waals surface area contributed by atoms with Crippen molar-refractivity contribution in [2.75, 3.05) is 17.2 Å². The molecule has 1 aromatic carbocycles. The smallest absolute Gasteiger partial charge is 0.411 e. The molecule has 1 fully saturated rings. The molecule has 0 aromatic heterocycles. The number of nitrogens with one attached hydrogen (secondary N) is 2. The molecule has 1 aromatic rings. The highest BCUT2D eigenvalue weighted by atomic mass is 16.5. The summed E-state index contributed by atoms with van der Waals surface area (Å²) in [5.74, 6) is 0. The van der Waals surface area contributed by atoms with E-state index in [-0.39, 0.29) is 0 Å². The Hall–Kier alpha value is -1.71. The SMILES string of the molecule is CCOC(=O)Nc1ccc(NC2CCC(C)(C)C2)cc1. The van der Waals surface area contributed by atoms with Crippen LogP contribution in [0.4, 0.5) is 16.2 Å². The fourth-order valence-corrected chi connectivity index (χ4v) is 2.73. The van der Waals surface area contributed by atoms with E-state index in [0.29, 0.717) is 18.1 Å². The molecule has 4 heteroatoms. The van der Waals surface area contributed by atoms with Gasteiger partial charge in [-0.25, -0.2) is 4.79 Å². The van der Waals surface area contributed by atoms with Crippen LogP contribution in [-0.2, 0) is 4.74 Å². The van der Waals surface area contributed by atoms with Gasteiger partial charge < -0.3 is 10.1 Å². The number of hydrogen-bond acceptors (Lipinski definition) is 3. The van der Waals surface area contributed by atoms with Crippen LogP contribution in [0.15, 0.2) is 24.3 Å². The third-order valence-electron chi connectivity index (χ3n) is 3.75. The number of carbonyl (C=O) groups excluding carboxylic acids is 1. The van der Waals surface area contributed by atoms with E-state index < -0.39 is 6.09 Å². The number of rotatable bonds is 4. The van der Waals surface area contributed by atoms with Gasteiger partial charge in [-0.2, -0.15) is 0 Å². The molecule has 0 aliphatic heterocycles. The zero-order chi connectivity index (χ0) is 14.6. The maximum atomic E-state index is 11.3. The highest BCUT2D eigenvalue weighted by molar-refractivity contribution is 5.84. The van der Waals surface area contributed by atoms with Crippen LogP contribution in [0.25, 0.3) is 0 Å². The molecule has 1 atom stereocenters. The first-order valence-electron chi connectivity index (χ1n) is 7.29. The molecule has 1 aliphatic rings. The normalized spacial score (nSPS) is 20.4. The summed E-state index contributed by atoms with van der Waals surface area (Å²) in [4.78, 5) is 11.3. The highest BCUT2D eigenvalue weighted by Gasteiger charge is 2.30. The molecule has 1 aliphatic carbocycles. The molecule has 0 heterocycles. The molecule has 20 heavy (non-hydrogen) atoms. The van der Waals surface area contributed by atoms with Gasteiger partial charge in [0.1, 0.15) is 0 Å². The van der Waals surface area contributed by atoms with Crippen molar-refractivity contribution in [1.82, 2.24) is 0 Å². The number of carbonyl (C=O) groups is 1. The van der Waals surface area contributed by atoms with E-state index in [9.17, 15) is 4.79 Å². The molecule has 0 spiro atoms. The lowest BCUT2D eigenvalue weighted by Gasteiger charge is -2.18. The van der Waals surface area contributed by atoms with Crippen LogP contribution >= 0.6 is 0 Å². The van der Waals surface area contributed by atoms with E-state index in [4.69, 9.17) is 4.74 Å². The molecule has 4 nitrogen and oxygen atoms in total. The van der Waals surface area contributed by atoms with Gasteiger partial charge in [-0.05, 0) is 55.9 Å². The number of hydrogen-bond donors (Lipinski definition) is 2. The van der Waals surface area contributed by atoms with Gasteiger partial charge in [0.2, 0.25) is 0 Å². The average Bonchev–Trinajstić information content (AvgIpc) is 2.71. The summed E-state index contributed by atoms with van der Waals surface area (Å²) in [5, 5.41) is 6.25. The predicted molar refractivity (Wildman–Crippen MR) is 82.1 cm³/mol. The predicted octanol–water partition coefficient (Wildman–Crippen LogP) is 4.25. The average molecular weight is 276 g/mol. The lowest BCUT2D eigenvalue weighted by Crippen LogP contribution is -2.17. The van der Waals surface area contributed by atoms with Crippen molar-refractivity contribution in [2.45, 2.75) is 46.1 Å². The van der Waals surface area contributed by atoms with Crippen molar-refractivity contribution in [3.05, 3.63) is 24.3 Å². The number of anilines is 2. The van der Waals surface area contributed by atoms with Gasteiger partial charge >= 0.3 is 6.09 Å². The third-order valence-corrected chi connectivity index (χ3v) is 3.75. The van der Waals surface area contributed by atoms with Crippen molar-refractivity contribution in [3.63, 3.8) is 0 Å². The molecule has 2 rings (SSSR count). The summed E-state index contributed by atoms with van der Waals surface area (Å²) in [6, 6.07) is 8.31. The zero-order valence-corrected chi connectivity index (χ0v) is 12.5. The molecule has 2 N–H and O–H groups in total. The molecule has 1 amide bonds. The van der Waals surface area contributed by atoms with Crippen molar-refractivity contribution in [2.24, 2.45) is 5.41 Å². The maximum absolute atomic E-state index is 11.3. The van der Waals surface area contributed by atoms with E-state index in [1.54, 1.807) is 6.92 Å². The molecule has 110 valence electrons. The van der Waals surface area contributed by atoms with Crippen LogP contribution in [0.3, 0.4) is 0 Å². The lowest BCUT2D eigenvalue weighted by atomic mass is 9.92. The van der Waals surface area contributed by atoms with Crippen LogP contribution in [0.5, 0.6) is 0 Å². The molecule has 0 saturated heterocycles. The minimum atomic E-state index is -0.411. The fourth-order valence-electron chi connectivity index (χ4n) is 2.73. The Morgan fingerprint density at radius 3 is 2.50 bits per heavy atom. The Balaban J connectivity index is 1.87. The first-order valence-corrected chi connectivity index (χ1v) is 7.29. The van der Waals surface area contributed by atoms with Gasteiger partial charge in [-0.1, -0.05) is 13.8 Å². The van der Waals surface area contributed by atoms with Gasteiger partial charge in [-0.3, -0.25) is 5.32 Å². The Labute approximate surface area is 120 Å². The van der Waals surface area contributed by atoms with Gasteiger partial charge in [0.25, 0.3) is 0 Å². The van der Waals surface area contributed by atoms with Crippen molar-refractivity contribution < 1.29 is 9.53 Å². The topological polar surface area (TPSA) is 50.4 Å². The van der Waals surface area contributed by atoms with Crippen molar-refractivity contribution in [3.8, 4) is 0 Å². The number of ether oxygens (including phenoxy) is 1. The highest BCUT2D eigenvalue weighted by Crippen LogP contribution is 2.38. The molecular formula is C16H24N2O2. The van der Waals surface area contributed by atoms with Crippen LogP contribution in [-0.4, -0.2) is 18.7 Å². The molecule has 0 bridgehead atoms. The zero-order valence-electron chi connectivity index (χ0n) is 12.5. The molecular weight excluding hydrogens is 252 g/mol. The molecule has 0 radical (unpaired) electrons.